The topological polar surface area (TPSA) is 40.1 Å². The molecule has 0 aliphatic carbocycles. The van der Waals surface area contributed by atoms with Crippen LogP contribution in [0.1, 0.15) is 6.92 Å². The molecular formula is C5H7Cl2O2-. The maximum atomic E-state index is 10.2. The summed E-state index contributed by atoms with van der Waals surface area (Å²) in [5.74, 6) is -1.23. The normalized spacial score (nSPS) is 11.4. The Labute approximate surface area is 63.8 Å². The van der Waals surface area contributed by atoms with Crippen LogP contribution < -0.4 is 5.11 Å². The first-order valence-electron chi connectivity index (χ1n) is 2.40. The number of carbonyl (C=O) groups excluding carboxylic acids is 1. The summed E-state index contributed by atoms with van der Waals surface area (Å²) < 4.78 is 0. The van der Waals surface area contributed by atoms with Crippen LogP contribution in [-0.4, -0.2) is 17.7 Å². The molecule has 0 fully saturated rings. The molecule has 0 saturated carbocycles. The monoisotopic (exact) mass is 169 g/mol. The molecule has 0 saturated heterocycles. The van der Waals surface area contributed by atoms with E-state index in [0.29, 0.717) is 0 Å². The lowest BCUT2D eigenvalue weighted by atomic mass is 9.97. The Hall–Kier alpha value is 0.0500. The fourth-order valence-corrected chi connectivity index (χ4v) is 0.649. The Morgan fingerprint density at radius 3 is 1.89 bits per heavy atom. The van der Waals surface area contributed by atoms with Crippen LogP contribution in [0.3, 0.4) is 0 Å². The molecule has 0 N–H and O–H groups in total. The van der Waals surface area contributed by atoms with Crippen LogP contribution in [0.2, 0.25) is 0 Å². The van der Waals surface area contributed by atoms with Gasteiger partial charge in [0.2, 0.25) is 0 Å². The first-order valence-corrected chi connectivity index (χ1v) is 3.47. The first kappa shape index (κ1) is 9.05. The molecule has 54 valence electrons. The molecule has 0 heterocycles. The molecule has 0 spiro atoms. The van der Waals surface area contributed by atoms with Gasteiger partial charge in [-0.2, -0.15) is 0 Å². The van der Waals surface area contributed by atoms with E-state index < -0.39 is 11.4 Å². The molecule has 0 aromatic heterocycles. The van der Waals surface area contributed by atoms with Crippen LogP contribution in [-0.2, 0) is 4.79 Å². The Balaban J connectivity index is 4.09. The zero-order valence-corrected chi connectivity index (χ0v) is 6.50. The van der Waals surface area contributed by atoms with Crippen molar-refractivity contribution in [3.05, 3.63) is 0 Å². The van der Waals surface area contributed by atoms with Crippen LogP contribution in [0.15, 0.2) is 0 Å². The van der Waals surface area contributed by atoms with Gasteiger partial charge >= 0.3 is 0 Å². The first-order chi connectivity index (χ1) is 4.06. The summed E-state index contributed by atoms with van der Waals surface area (Å²) >= 11 is 10.6. The second kappa shape index (κ2) is 3.28. The van der Waals surface area contributed by atoms with Crippen molar-refractivity contribution < 1.29 is 9.90 Å². The number of aliphatic carboxylic acids is 1. The van der Waals surface area contributed by atoms with E-state index in [0.717, 1.165) is 0 Å². The Bertz CT molecular complexity index is 110. The predicted octanol–water partition coefficient (Wildman–Crippen LogP) is 0.220. The molecule has 9 heavy (non-hydrogen) atoms. The largest absolute Gasteiger partial charge is 0.549 e. The third kappa shape index (κ3) is 2.03. The van der Waals surface area contributed by atoms with Crippen LogP contribution in [0, 0.1) is 5.41 Å². The van der Waals surface area contributed by atoms with Gasteiger partial charge in [-0.1, -0.05) is 6.92 Å². The third-order valence-corrected chi connectivity index (χ3v) is 2.26. The molecule has 0 unspecified atom stereocenters. The van der Waals surface area contributed by atoms with Gasteiger partial charge in [0.05, 0.1) is 0 Å². The van der Waals surface area contributed by atoms with Gasteiger partial charge in [0, 0.05) is 23.1 Å². The molecule has 0 amide bonds. The number of rotatable bonds is 3. The van der Waals surface area contributed by atoms with Gasteiger partial charge in [-0.25, -0.2) is 0 Å². The summed E-state index contributed by atoms with van der Waals surface area (Å²) in [5.41, 5.74) is -1.08. The number of halogens is 2. The van der Waals surface area contributed by atoms with Crippen molar-refractivity contribution in [2.24, 2.45) is 5.41 Å². The third-order valence-electron chi connectivity index (χ3n) is 1.08. The highest BCUT2D eigenvalue weighted by Gasteiger charge is 2.23. The van der Waals surface area contributed by atoms with Gasteiger partial charge in [0.15, 0.2) is 0 Å². The van der Waals surface area contributed by atoms with Gasteiger partial charge in [0.1, 0.15) is 0 Å². The van der Waals surface area contributed by atoms with Crippen molar-refractivity contribution in [3.63, 3.8) is 0 Å². The van der Waals surface area contributed by atoms with Crippen LogP contribution in [0.5, 0.6) is 0 Å². The number of carboxylic acid groups (broad SMARTS) is 1. The molecule has 0 atom stereocenters. The second-order valence-electron chi connectivity index (χ2n) is 2.12. The van der Waals surface area contributed by atoms with E-state index >= 15 is 0 Å². The minimum Gasteiger partial charge on any atom is -0.549 e. The number of carbonyl (C=O) groups is 1. The maximum Gasteiger partial charge on any atom is 0.0497 e. The lowest BCUT2D eigenvalue weighted by Crippen LogP contribution is -2.42. The van der Waals surface area contributed by atoms with Gasteiger partial charge in [-0.3, -0.25) is 0 Å². The van der Waals surface area contributed by atoms with Crippen molar-refractivity contribution in [1.82, 2.24) is 0 Å². The minimum absolute atomic E-state index is 0.0150. The van der Waals surface area contributed by atoms with Crippen LogP contribution in [0.25, 0.3) is 0 Å². The smallest absolute Gasteiger partial charge is 0.0497 e. The highest BCUT2D eigenvalue weighted by atomic mass is 35.5. The standard InChI is InChI=1S/C5H8Cl2O2/c1-5(2-6,3-7)4(8)9/h2-3H2,1H3,(H,8,9)/p-1. The fraction of sp³-hybridized carbons (Fsp3) is 0.800. The molecular weight excluding hydrogens is 163 g/mol. The van der Waals surface area contributed by atoms with E-state index in [1.54, 1.807) is 0 Å². The lowest BCUT2D eigenvalue weighted by molar-refractivity contribution is -0.316. The average molecular weight is 170 g/mol. The van der Waals surface area contributed by atoms with E-state index in [4.69, 9.17) is 23.2 Å². The molecule has 0 radical (unpaired) electrons. The van der Waals surface area contributed by atoms with E-state index in [-0.39, 0.29) is 11.8 Å². The van der Waals surface area contributed by atoms with Crippen molar-refractivity contribution >= 4 is 29.2 Å². The summed E-state index contributed by atoms with van der Waals surface area (Å²) in [7, 11) is 0. The Morgan fingerprint density at radius 2 is 1.89 bits per heavy atom. The summed E-state index contributed by atoms with van der Waals surface area (Å²) in [4.78, 5) is 10.2. The summed E-state index contributed by atoms with van der Waals surface area (Å²) in [6.07, 6.45) is 0. The van der Waals surface area contributed by atoms with Crippen molar-refractivity contribution in [3.8, 4) is 0 Å². The second-order valence-corrected chi connectivity index (χ2v) is 2.65. The SMILES string of the molecule is CC(CCl)(CCl)C(=O)[O-]. The summed E-state index contributed by atoms with van der Waals surface area (Å²) in [6, 6.07) is 0. The molecule has 0 aliphatic rings. The van der Waals surface area contributed by atoms with Gasteiger partial charge in [-0.05, 0) is 0 Å². The maximum absolute atomic E-state index is 10.2. The van der Waals surface area contributed by atoms with Crippen LogP contribution in [0.4, 0.5) is 0 Å². The summed E-state index contributed by atoms with van der Waals surface area (Å²) in [5, 5.41) is 10.2. The predicted molar refractivity (Wildman–Crippen MR) is 34.6 cm³/mol. The Morgan fingerprint density at radius 1 is 1.56 bits per heavy atom. The van der Waals surface area contributed by atoms with E-state index in [1.807, 2.05) is 0 Å². The zero-order valence-electron chi connectivity index (χ0n) is 4.99. The average Bonchev–Trinajstić information content (AvgIpc) is 1.86. The van der Waals surface area contributed by atoms with E-state index in [2.05, 4.69) is 0 Å². The molecule has 0 aromatic carbocycles. The van der Waals surface area contributed by atoms with E-state index in [9.17, 15) is 9.90 Å². The molecule has 4 heteroatoms. The van der Waals surface area contributed by atoms with Crippen molar-refractivity contribution in [1.29, 1.82) is 0 Å². The summed E-state index contributed by atoms with van der Waals surface area (Å²) in [6.45, 7) is 1.45. The minimum atomic E-state index is -1.20. The molecule has 2 nitrogen and oxygen atoms in total. The Kier molecular flexibility index (Phi) is 3.30. The van der Waals surface area contributed by atoms with Crippen molar-refractivity contribution in [2.75, 3.05) is 11.8 Å². The van der Waals surface area contributed by atoms with Gasteiger partial charge in [0.25, 0.3) is 0 Å². The fourth-order valence-electron chi connectivity index (χ4n) is 0.145. The number of hydrogen-bond donors (Lipinski definition) is 0. The molecule has 0 rings (SSSR count). The molecule has 0 aromatic rings. The number of carboxylic acids is 1. The molecule has 0 aliphatic heterocycles. The van der Waals surface area contributed by atoms with Gasteiger partial charge < -0.3 is 9.90 Å². The highest BCUT2D eigenvalue weighted by Crippen LogP contribution is 2.18. The number of alkyl halides is 2. The van der Waals surface area contributed by atoms with Gasteiger partial charge in [-0.15, -0.1) is 23.2 Å². The van der Waals surface area contributed by atoms with E-state index in [1.165, 1.54) is 6.92 Å². The van der Waals surface area contributed by atoms with Crippen molar-refractivity contribution in [2.45, 2.75) is 6.92 Å². The quantitative estimate of drug-likeness (QED) is 0.568. The zero-order chi connectivity index (χ0) is 7.49. The van der Waals surface area contributed by atoms with Crippen LogP contribution >= 0.6 is 23.2 Å². The highest BCUT2D eigenvalue weighted by molar-refractivity contribution is 6.23. The lowest BCUT2D eigenvalue weighted by Gasteiger charge is -2.24. The molecule has 0 bridgehead atoms. The number of hydrogen-bond acceptors (Lipinski definition) is 2.